The Morgan fingerprint density at radius 3 is 2.52 bits per heavy atom. The molecule has 0 spiro atoms. The lowest BCUT2D eigenvalue weighted by molar-refractivity contribution is 0.626. The highest BCUT2D eigenvalue weighted by Gasteiger charge is 2.12. The second kappa shape index (κ2) is 6.89. The van der Waals surface area contributed by atoms with Gasteiger partial charge in [0.2, 0.25) is 0 Å². The molecule has 0 fully saturated rings. The van der Waals surface area contributed by atoms with Crippen LogP contribution in [0.4, 0.5) is 4.39 Å². The van der Waals surface area contributed by atoms with Gasteiger partial charge in [0, 0.05) is 29.2 Å². The lowest BCUT2D eigenvalue weighted by atomic mass is 10.2. The molecule has 4 nitrogen and oxygen atoms in total. The monoisotopic (exact) mass is 425 g/mol. The van der Waals surface area contributed by atoms with Crippen LogP contribution in [0.3, 0.4) is 0 Å². The standard InChI is InChI=1S/C25H16FN3OS/c26-18-11-9-16(10-12-18)14-28-15-17(19-5-1-3-7-21(19)28)13-23-24(30)29-22-8-4-2-6-20(22)27-25(29)31-23/h1-13,15H,14H2. The third kappa shape index (κ3) is 2.95. The SMILES string of the molecule is O=c1c(=Cc2cn(Cc3ccc(F)cc3)c3ccccc23)sc2nc3ccccc3n12. The Morgan fingerprint density at radius 2 is 1.68 bits per heavy atom. The van der Waals surface area contributed by atoms with E-state index in [0.717, 1.165) is 33.1 Å². The van der Waals surface area contributed by atoms with E-state index < -0.39 is 0 Å². The molecule has 150 valence electrons. The number of imidazole rings is 1. The van der Waals surface area contributed by atoms with Gasteiger partial charge in [-0.2, -0.15) is 0 Å². The van der Waals surface area contributed by atoms with Gasteiger partial charge >= 0.3 is 0 Å². The van der Waals surface area contributed by atoms with Gasteiger partial charge in [0.1, 0.15) is 5.82 Å². The van der Waals surface area contributed by atoms with Crippen molar-refractivity contribution < 1.29 is 4.39 Å². The lowest BCUT2D eigenvalue weighted by Gasteiger charge is -2.05. The lowest BCUT2D eigenvalue weighted by Crippen LogP contribution is -2.22. The van der Waals surface area contributed by atoms with Crippen LogP contribution in [0.15, 0.2) is 83.8 Å². The molecule has 0 saturated carbocycles. The summed E-state index contributed by atoms with van der Waals surface area (Å²) in [6.07, 6.45) is 3.99. The normalized spacial score (nSPS) is 12.5. The van der Waals surface area contributed by atoms with E-state index in [2.05, 4.69) is 21.7 Å². The molecule has 6 aromatic rings. The van der Waals surface area contributed by atoms with E-state index in [1.807, 2.05) is 48.7 Å². The van der Waals surface area contributed by atoms with Crippen LogP contribution >= 0.6 is 11.3 Å². The van der Waals surface area contributed by atoms with E-state index in [0.29, 0.717) is 16.0 Å². The average molecular weight is 425 g/mol. The van der Waals surface area contributed by atoms with Gasteiger partial charge in [0.15, 0.2) is 4.96 Å². The summed E-state index contributed by atoms with van der Waals surface area (Å²) in [6, 6.07) is 22.3. The fourth-order valence-corrected chi connectivity index (χ4v) is 5.04. The molecular weight excluding hydrogens is 409 g/mol. The topological polar surface area (TPSA) is 39.3 Å². The summed E-state index contributed by atoms with van der Waals surface area (Å²) in [5.74, 6) is -0.242. The largest absolute Gasteiger partial charge is 0.342 e. The smallest absolute Gasteiger partial charge is 0.274 e. The van der Waals surface area contributed by atoms with Gasteiger partial charge in [0.25, 0.3) is 5.56 Å². The minimum absolute atomic E-state index is 0.0518. The van der Waals surface area contributed by atoms with E-state index in [4.69, 9.17) is 0 Å². The van der Waals surface area contributed by atoms with Crippen LogP contribution < -0.4 is 10.1 Å². The number of halogens is 1. The molecule has 3 aromatic heterocycles. The molecule has 3 aromatic carbocycles. The van der Waals surface area contributed by atoms with Crippen LogP contribution in [0, 0.1) is 5.82 Å². The zero-order chi connectivity index (χ0) is 20.9. The zero-order valence-electron chi connectivity index (χ0n) is 16.3. The second-order valence-electron chi connectivity index (χ2n) is 7.49. The molecule has 0 radical (unpaired) electrons. The molecule has 6 heteroatoms. The van der Waals surface area contributed by atoms with Crippen molar-refractivity contribution >= 4 is 44.3 Å². The van der Waals surface area contributed by atoms with E-state index in [-0.39, 0.29) is 11.4 Å². The van der Waals surface area contributed by atoms with Crippen LogP contribution in [-0.2, 0) is 6.54 Å². The third-order valence-electron chi connectivity index (χ3n) is 5.52. The van der Waals surface area contributed by atoms with Gasteiger partial charge in [-0.1, -0.05) is 53.8 Å². The molecule has 6 rings (SSSR count). The molecule has 0 N–H and O–H groups in total. The van der Waals surface area contributed by atoms with Crippen LogP contribution in [-0.4, -0.2) is 14.0 Å². The van der Waals surface area contributed by atoms with Crippen molar-refractivity contribution in [1.29, 1.82) is 0 Å². The predicted molar refractivity (Wildman–Crippen MR) is 123 cm³/mol. The van der Waals surface area contributed by atoms with Crippen LogP contribution in [0.1, 0.15) is 11.1 Å². The summed E-state index contributed by atoms with van der Waals surface area (Å²) in [4.78, 5) is 18.4. The van der Waals surface area contributed by atoms with Crippen molar-refractivity contribution in [3.05, 3.63) is 111 Å². The third-order valence-corrected chi connectivity index (χ3v) is 6.49. The number of nitrogens with zero attached hydrogens (tertiary/aromatic N) is 3. The van der Waals surface area contributed by atoms with Gasteiger partial charge in [-0.3, -0.25) is 4.79 Å². The molecule has 0 saturated heterocycles. The molecule has 0 unspecified atom stereocenters. The van der Waals surface area contributed by atoms with Crippen LogP contribution in [0.25, 0.3) is 33.0 Å². The number of aromatic nitrogens is 3. The number of benzene rings is 3. The Morgan fingerprint density at radius 1 is 0.935 bits per heavy atom. The van der Waals surface area contributed by atoms with Gasteiger partial charge < -0.3 is 4.57 Å². The van der Waals surface area contributed by atoms with E-state index in [1.54, 1.807) is 16.5 Å². The maximum absolute atomic E-state index is 13.3. The zero-order valence-corrected chi connectivity index (χ0v) is 17.1. The number of fused-ring (bicyclic) bond motifs is 4. The molecule has 0 aliphatic carbocycles. The average Bonchev–Trinajstić information content (AvgIpc) is 3.42. The Balaban J connectivity index is 1.52. The fourth-order valence-electron chi connectivity index (χ4n) is 4.06. The number of thiazole rings is 1. The van der Waals surface area contributed by atoms with Crippen LogP contribution in [0.2, 0.25) is 0 Å². The molecule has 0 aliphatic heterocycles. The fraction of sp³-hybridized carbons (Fsp3) is 0.0400. The summed E-state index contributed by atoms with van der Waals surface area (Å²) in [5, 5.41) is 1.07. The highest BCUT2D eigenvalue weighted by atomic mass is 32.1. The van der Waals surface area contributed by atoms with Crippen LogP contribution in [0.5, 0.6) is 0 Å². The Kier molecular flexibility index (Phi) is 4.01. The number of hydrogen-bond donors (Lipinski definition) is 0. The van der Waals surface area contributed by atoms with Crippen molar-refractivity contribution in [2.75, 3.05) is 0 Å². The van der Waals surface area contributed by atoms with Crippen molar-refractivity contribution in [2.24, 2.45) is 0 Å². The first-order valence-electron chi connectivity index (χ1n) is 9.91. The van der Waals surface area contributed by atoms with Crippen molar-refractivity contribution in [1.82, 2.24) is 14.0 Å². The van der Waals surface area contributed by atoms with Crippen molar-refractivity contribution in [3.63, 3.8) is 0 Å². The predicted octanol–water partition coefficient (Wildman–Crippen LogP) is 4.60. The Hall–Kier alpha value is -3.77. The van der Waals surface area contributed by atoms with E-state index in [1.165, 1.54) is 23.5 Å². The number of rotatable bonds is 3. The Bertz CT molecular complexity index is 1690. The maximum Gasteiger partial charge on any atom is 0.274 e. The quantitative estimate of drug-likeness (QED) is 0.416. The molecule has 0 amide bonds. The minimum Gasteiger partial charge on any atom is -0.342 e. The van der Waals surface area contributed by atoms with Gasteiger partial charge in [-0.15, -0.1) is 0 Å². The molecular formula is C25H16FN3OS. The molecule has 3 heterocycles. The highest BCUT2D eigenvalue weighted by Crippen LogP contribution is 2.23. The van der Waals surface area contributed by atoms with Gasteiger partial charge in [0.05, 0.1) is 15.6 Å². The highest BCUT2D eigenvalue weighted by molar-refractivity contribution is 7.15. The number of hydrogen-bond acceptors (Lipinski definition) is 3. The summed E-state index contributed by atoms with van der Waals surface area (Å²) >= 11 is 1.40. The van der Waals surface area contributed by atoms with Gasteiger partial charge in [-0.05, 0) is 42.0 Å². The summed E-state index contributed by atoms with van der Waals surface area (Å²) < 4.78 is 17.7. The molecule has 0 bridgehead atoms. The first-order chi connectivity index (χ1) is 15.2. The van der Waals surface area contributed by atoms with Gasteiger partial charge in [-0.25, -0.2) is 13.8 Å². The minimum atomic E-state index is -0.242. The Labute approximate surface area is 180 Å². The summed E-state index contributed by atoms with van der Waals surface area (Å²) in [7, 11) is 0. The molecule has 31 heavy (non-hydrogen) atoms. The summed E-state index contributed by atoms with van der Waals surface area (Å²) in [5.41, 5.74) is 4.66. The number of para-hydroxylation sites is 3. The molecule has 0 aliphatic rings. The van der Waals surface area contributed by atoms with Crippen molar-refractivity contribution in [2.45, 2.75) is 6.54 Å². The second-order valence-corrected chi connectivity index (χ2v) is 8.50. The van der Waals surface area contributed by atoms with E-state index >= 15 is 0 Å². The van der Waals surface area contributed by atoms with Crippen molar-refractivity contribution in [3.8, 4) is 0 Å². The first kappa shape index (κ1) is 18.0. The first-order valence-corrected chi connectivity index (χ1v) is 10.7. The molecule has 0 atom stereocenters. The maximum atomic E-state index is 13.3. The van der Waals surface area contributed by atoms with E-state index in [9.17, 15) is 9.18 Å². The summed E-state index contributed by atoms with van der Waals surface area (Å²) in [6.45, 7) is 0.622.